The minimum Gasteiger partial charge on any atom is -0.490 e. The SMILES string of the molecule is CCOCCOc1ccccc1C(=O)NCc1ccccc1CN1CCN(CC)CC1. The van der Waals surface area contributed by atoms with Gasteiger partial charge in [0.1, 0.15) is 12.4 Å². The molecule has 1 aliphatic heterocycles. The minimum atomic E-state index is -0.127. The molecule has 3 rings (SSSR count). The van der Waals surface area contributed by atoms with Gasteiger partial charge in [0, 0.05) is 45.9 Å². The lowest BCUT2D eigenvalue weighted by Crippen LogP contribution is -2.45. The maximum absolute atomic E-state index is 12.9. The summed E-state index contributed by atoms with van der Waals surface area (Å²) in [5.41, 5.74) is 2.98. The van der Waals surface area contributed by atoms with Gasteiger partial charge in [-0.25, -0.2) is 0 Å². The normalized spacial score (nSPS) is 15.0. The summed E-state index contributed by atoms with van der Waals surface area (Å²) in [7, 11) is 0. The number of carbonyl (C=O) groups is 1. The number of likely N-dealkylation sites (N-methyl/N-ethyl adjacent to an activating group) is 1. The molecule has 31 heavy (non-hydrogen) atoms. The van der Waals surface area contributed by atoms with Crippen LogP contribution in [0.25, 0.3) is 0 Å². The molecule has 1 saturated heterocycles. The first kappa shape index (κ1) is 23.3. The highest BCUT2D eigenvalue weighted by Crippen LogP contribution is 2.19. The Morgan fingerprint density at radius 2 is 1.58 bits per heavy atom. The summed E-state index contributed by atoms with van der Waals surface area (Å²) in [5, 5.41) is 3.07. The van der Waals surface area contributed by atoms with Gasteiger partial charge in [-0.3, -0.25) is 9.69 Å². The lowest BCUT2D eigenvalue weighted by Gasteiger charge is -2.34. The van der Waals surface area contributed by atoms with Crippen molar-refractivity contribution in [2.75, 3.05) is 52.5 Å². The molecule has 0 aromatic heterocycles. The van der Waals surface area contributed by atoms with Gasteiger partial charge in [0.25, 0.3) is 5.91 Å². The first-order valence-corrected chi connectivity index (χ1v) is 11.3. The third-order valence-corrected chi connectivity index (χ3v) is 5.68. The predicted molar refractivity (Wildman–Crippen MR) is 123 cm³/mol. The number of para-hydroxylation sites is 1. The Balaban J connectivity index is 1.57. The fourth-order valence-corrected chi connectivity index (χ4v) is 3.79. The van der Waals surface area contributed by atoms with E-state index >= 15 is 0 Å². The number of hydrogen-bond donors (Lipinski definition) is 1. The van der Waals surface area contributed by atoms with Crippen LogP contribution >= 0.6 is 0 Å². The maximum Gasteiger partial charge on any atom is 0.255 e. The molecule has 0 unspecified atom stereocenters. The number of piperazine rings is 1. The van der Waals surface area contributed by atoms with Gasteiger partial charge in [-0.05, 0) is 36.7 Å². The smallest absolute Gasteiger partial charge is 0.255 e. The highest BCUT2D eigenvalue weighted by Gasteiger charge is 2.17. The quantitative estimate of drug-likeness (QED) is 0.561. The van der Waals surface area contributed by atoms with E-state index in [-0.39, 0.29) is 5.91 Å². The van der Waals surface area contributed by atoms with Crippen molar-refractivity contribution in [2.45, 2.75) is 26.9 Å². The molecular formula is C25H35N3O3. The molecule has 1 N–H and O–H groups in total. The third kappa shape index (κ3) is 7.06. The molecular weight excluding hydrogens is 390 g/mol. The summed E-state index contributed by atoms with van der Waals surface area (Å²) < 4.78 is 11.1. The second-order valence-corrected chi connectivity index (χ2v) is 7.70. The maximum atomic E-state index is 12.9. The molecule has 6 nitrogen and oxygen atoms in total. The number of amides is 1. The molecule has 0 aliphatic carbocycles. The van der Waals surface area contributed by atoms with Gasteiger partial charge in [-0.2, -0.15) is 0 Å². The van der Waals surface area contributed by atoms with E-state index in [0.29, 0.717) is 37.7 Å². The molecule has 6 heteroatoms. The third-order valence-electron chi connectivity index (χ3n) is 5.68. The molecule has 0 radical (unpaired) electrons. The number of benzene rings is 2. The molecule has 0 atom stereocenters. The lowest BCUT2D eigenvalue weighted by atomic mass is 10.1. The highest BCUT2D eigenvalue weighted by atomic mass is 16.5. The van der Waals surface area contributed by atoms with Gasteiger partial charge >= 0.3 is 0 Å². The van der Waals surface area contributed by atoms with E-state index in [2.05, 4.69) is 40.2 Å². The largest absolute Gasteiger partial charge is 0.490 e. The van der Waals surface area contributed by atoms with Gasteiger partial charge < -0.3 is 19.7 Å². The van der Waals surface area contributed by atoms with E-state index in [1.165, 1.54) is 5.56 Å². The molecule has 2 aromatic rings. The van der Waals surface area contributed by atoms with Gasteiger partial charge in [-0.1, -0.05) is 43.3 Å². The van der Waals surface area contributed by atoms with Crippen LogP contribution in [0.5, 0.6) is 5.75 Å². The molecule has 168 valence electrons. The molecule has 1 amide bonds. The predicted octanol–water partition coefficient (Wildman–Crippen LogP) is 3.17. The second kappa shape index (κ2) is 12.4. The number of hydrogen-bond acceptors (Lipinski definition) is 5. The van der Waals surface area contributed by atoms with Crippen molar-refractivity contribution in [3.8, 4) is 5.75 Å². The summed E-state index contributed by atoms with van der Waals surface area (Å²) in [6, 6.07) is 15.7. The monoisotopic (exact) mass is 425 g/mol. The van der Waals surface area contributed by atoms with Crippen molar-refractivity contribution < 1.29 is 14.3 Å². The Labute approximate surface area is 186 Å². The van der Waals surface area contributed by atoms with Crippen LogP contribution in [0.3, 0.4) is 0 Å². The average Bonchev–Trinajstić information content (AvgIpc) is 2.82. The molecule has 2 aromatic carbocycles. The van der Waals surface area contributed by atoms with Crippen LogP contribution in [-0.2, 0) is 17.8 Å². The number of nitrogens with zero attached hydrogens (tertiary/aromatic N) is 2. The van der Waals surface area contributed by atoms with Crippen molar-refractivity contribution in [3.63, 3.8) is 0 Å². The van der Waals surface area contributed by atoms with E-state index in [1.54, 1.807) is 6.07 Å². The summed E-state index contributed by atoms with van der Waals surface area (Å²) in [6.45, 7) is 12.7. The summed E-state index contributed by atoms with van der Waals surface area (Å²) in [4.78, 5) is 17.8. The zero-order valence-corrected chi connectivity index (χ0v) is 18.8. The topological polar surface area (TPSA) is 54.0 Å². The summed E-state index contributed by atoms with van der Waals surface area (Å²) >= 11 is 0. The van der Waals surface area contributed by atoms with E-state index in [4.69, 9.17) is 9.47 Å². The highest BCUT2D eigenvalue weighted by molar-refractivity contribution is 5.96. The van der Waals surface area contributed by atoms with Crippen LogP contribution in [-0.4, -0.2) is 68.3 Å². The summed E-state index contributed by atoms with van der Waals surface area (Å²) in [5.74, 6) is 0.458. The lowest BCUT2D eigenvalue weighted by molar-refractivity contribution is 0.0933. The Kier molecular flexibility index (Phi) is 9.34. The van der Waals surface area contributed by atoms with Crippen LogP contribution in [0.4, 0.5) is 0 Å². The fraction of sp³-hybridized carbons (Fsp3) is 0.480. The fourth-order valence-electron chi connectivity index (χ4n) is 3.79. The molecule has 0 bridgehead atoms. The average molecular weight is 426 g/mol. The number of nitrogens with one attached hydrogen (secondary N) is 1. The van der Waals surface area contributed by atoms with E-state index in [9.17, 15) is 4.79 Å². The van der Waals surface area contributed by atoms with E-state index in [1.807, 2.05) is 31.2 Å². The zero-order chi connectivity index (χ0) is 21.9. The van der Waals surface area contributed by atoms with Gasteiger partial charge in [0.2, 0.25) is 0 Å². The Hall–Kier alpha value is -2.41. The Morgan fingerprint density at radius 3 is 2.32 bits per heavy atom. The van der Waals surface area contributed by atoms with Crippen LogP contribution in [0.1, 0.15) is 35.3 Å². The first-order chi connectivity index (χ1) is 15.2. The van der Waals surface area contributed by atoms with Crippen LogP contribution in [0.15, 0.2) is 48.5 Å². The molecule has 0 saturated carbocycles. The number of rotatable bonds is 11. The standard InChI is InChI=1S/C25H35N3O3/c1-3-27-13-15-28(16-14-27)20-22-10-6-5-9-21(22)19-26-25(29)23-11-7-8-12-24(23)31-18-17-30-4-2/h5-12H,3-4,13-20H2,1-2H3,(H,26,29). The molecule has 0 spiro atoms. The van der Waals surface area contributed by atoms with Gasteiger partial charge in [0.15, 0.2) is 0 Å². The van der Waals surface area contributed by atoms with E-state index < -0.39 is 0 Å². The number of ether oxygens (including phenoxy) is 2. The minimum absolute atomic E-state index is 0.127. The van der Waals surface area contributed by atoms with Crippen molar-refractivity contribution >= 4 is 5.91 Å². The van der Waals surface area contributed by atoms with Crippen molar-refractivity contribution in [1.29, 1.82) is 0 Å². The number of carbonyl (C=O) groups excluding carboxylic acids is 1. The van der Waals surface area contributed by atoms with Crippen LogP contribution in [0, 0.1) is 0 Å². The Bertz CT molecular complexity index is 819. The Morgan fingerprint density at radius 1 is 0.903 bits per heavy atom. The van der Waals surface area contributed by atoms with Gasteiger partial charge in [0.05, 0.1) is 12.2 Å². The summed E-state index contributed by atoms with van der Waals surface area (Å²) in [6.07, 6.45) is 0. The van der Waals surface area contributed by atoms with Crippen LogP contribution in [0.2, 0.25) is 0 Å². The molecule has 1 heterocycles. The molecule has 1 aliphatic rings. The zero-order valence-electron chi connectivity index (χ0n) is 18.8. The molecule has 1 fully saturated rings. The van der Waals surface area contributed by atoms with Crippen molar-refractivity contribution in [1.82, 2.24) is 15.1 Å². The van der Waals surface area contributed by atoms with Crippen LogP contribution < -0.4 is 10.1 Å². The first-order valence-electron chi connectivity index (χ1n) is 11.3. The van der Waals surface area contributed by atoms with Crippen molar-refractivity contribution in [3.05, 3.63) is 65.2 Å². The van der Waals surface area contributed by atoms with Gasteiger partial charge in [-0.15, -0.1) is 0 Å². The van der Waals surface area contributed by atoms with E-state index in [0.717, 1.165) is 44.8 Å². The second-order valence-electron chi connectivity index (χ2n) is 7.70. The van der Waals surface area contributed by atoms with Crippen molar-refractivity contribution in [2.24, 2.45) is 0 Å².